The molecule has 1 aliphatic rings. The molecule has 0 aliphatic carbocycles. The first-order chi connectivity index (χ1) is 8.13. The minimum Gasteiger partial charge on any atom is -0.378 e. The van der Waals surface area contributed by atoms with Gasteiger partial charge in [0.15, 0.2) is 0 Å². The van der Waals surface area contributed by atoms with E-state index in [1.807, 2.05) is 0 Å². The topological polar surface area (TPSA) is 35.2 Å². The number of ether oxygens (including phenoxy) is 1. The van der Waals surface area contributed by atoms with Gasteiger partial charge >= 0.3 is 0 Å². The lowest BCUT2D eigenvalue weighted by atomic mass is 9.85. The second-order valence-electron chi connectivity index (χ2n) is 5.21. The van der Waals surface area contributed by atoms with E-state index in [2.05, 4.69) is 32.9 Å². The molecule has 0 bridgehead atoms. The van der Waals surface area contributed by atoms with Crippen LogP contribution < -0.4 is 5.73 Å². The summed E-state index contributed by atoms with van der Waals surface area (Å²) in [6, 6.07) is 4.50. The molecule has 2 nitrogen and oxygen atoms in total. The molecule has 1 aromatic rings. The maximum absolute atomic E-state index is 5.98. The van der Waals surface area contributed by atoms with Crippen LogP contribution in [0.3, 0.4) is 0 Å². The average Bonchev–Trinajstić information content (AvgIpc) is 2.76. The van der Waals surface area contributed by atoms with Crippen LogP contribution in [-0.4, -0.2) is 19.3 Å². The fourth-order valence-corrected chi connectivity index (χ4v) is 3.15. The van der Waals surface area contributed by atoms with E-state index in [-0.39, 0.29) is 0 Å². The van der Waals surface area contributed by atoms with Gasteiger partial charge in [-0.2, -0.15) is 0 Å². The van der Waals surface area contributed by atoms with Gasteiger partial charge in [0.1, 0.15) is 0 Å². The molecule has 2 rings (SSSR count). The molecule has 0 saturated carbocycles. The van der Waals surface area contributed by atoms with Gasteiger partial charge in [-0.1, -0.05) is 17.7 Å². The van der Waals surface area contributed by atoms with Crippen molar-refractivity contribution in [2.24, 2.45) is 5.73 Å². The Morgan fingerprint density at radius 1 is 1.29 bits per heavy atom. The van der Waals surface area contributed by atoms with Crippen molar-refractivity contribution in [2.45, 2.75) is 45.6 Å². The highest BCUT2D eigenvalue weighted by Gasteiger charge is 2.28. The van der Waals surface area contributed by atoms with Crippen LogP contribution in [0.25, 0.3) is 0 Å². The minimum atomic E-state index is 0.320. The van der Waals surface area contributed by atoms with E-state index < -0.39 is 0 Å². The largest absolute Gasteiger partial charge is 0.378 e. The third-order valence-corrected chi connectivity index (χ3v) is 3.78. The maximum Gasteiger partial charge on any atom is 0.0656 e. The molecule has 2 atom stereocenters. The van der Waals surface area contributed by atoms with Gasteiger partial charge in [0.2, 0.25) is 0 Å². The van der Waals surface area contributed by atoms with E-state index in [9.17, 15) is 0 Å². The van der Waals surface area contributed by atoms with Gasteiger partial charge in [0, 0.05) is 19.1 Å². The fourth-order valence-electron chi connectivity index (χ4n) is 3.15. The zero-order valence-corrected chi connectivity index (χ0v) is 11.1. The zero-order valence-electron chi connectivity index (χ0n) is 11.1. The summed E-state index contributed by atoms with van der Waals surface area (Å²) in [4.78, 5) is 0. The van der Waals surface area contributed by atoms with Gasteiger partial charge in [-0.25, -0.2) is 0 Å². The number of hydrogen-bond acceptors (Lipinski definition) is 2. The predicted molar refractivity (Wildman–Crippen MR) is 71.4 cm³/mol. The van der Waals surface area contributed by atoms with Crippen molar-refractivity contribution >= 4 is 0 Å². The second-order valence-corrected chi connectivity index (χ2v) is 5.21. The van der Waals surface area contributed by atoms with E-state index in [4.69, 9.17) is 10.5 Å². The standard InChI is InChI=1S/C15H23NO/c1-10-7-11(2)15(12(3)8-10)13(9-16)14-5-4-6-17-14/h7-8,13-14H,4-6,9,16H2,1-3H3. The molecule has 1 saturated heterocycles. The van der Waals surface area contributed by atoms with Crippen molar-refractivity contribution in [1.82, 2.24) is 0 Å². The lowest BCUT2D eigenvalue weighted by Crippen LogP contribution is -2.26. The normalized spacial score (nSPS) is 21.8. The molecule has 1 aliphatic heterocycles. The molecule has 0 amide bonds. The van der Waals surface area contributed by atoms with Crippen LogP contribution in [0, 0.1) is 20.8 Å². The number of benzene rings is 1. The average molecular weight is 233 g/mol. The molecule has 1 aromatic carbocycles. The van der Waals surface area contributed by atoms with Crippen LogP contribution in [0.2, 0.25) is 0 Å². The third-order valence-electron chi connectivity index (χ3n) is 3.78. The Balaban J connectivity index is 2.36. The fraction of sp³-hybridized carbons (Fsp3) is 0.600. The molecule has 0 radical (unpaired) electrons. The number of aryl methyl sites for hydroxylation is 3. The Bertz CT molecular complexity index is 371. The molecular formula is C15H23NO. The summed E-state index contributed by atoms with van der Waals surface area (Å²) in [5, 5.41) is 0. The predicted octanol–water partition coefficient (Wildman–Crippen LogP) is 2.83. The number of rotatable bonds is 3. The van der Waals surface area contributed by atoms with Crippen LogP contribution in [0.5, 0.6) is 0 Å². The van der Waals surface area contributed by atoms with Crippen LogP contribution in [-0.2, 0) is 4.74 Å². The molecule has 1 heterocycles. The van der Waals surface area contributed by atoms with Crippen molar-refractivity contribution in [3.63, 3.8) is 0 Å². The van der Waals surface area contributed by atoms with Gasteiger partial charge in [0.25, 0.3) is 0 Å². The first kappa shape index (κ1) is 12.6. The van der Waals surface area contributed by atoms with Crippen molar-refractivity contribution in [3.8, 4) is 0 Å². The van der Waals surface area contributed by atoms with E-state index in [0.29, 0.717) is 18.6 Å². The monoisotopic (exact) mass is 233 g/mol. The molecule has 2 heteroatoms. The summed E-state index contributed by atoms with van der Waals surface area (Å²) in [5.74, 6) is 0.359. The highest BCUT2D eigenvalue weighted by atomic mass is 16.5. The summed E-state index contributed by atoms with van der Waals surface area (Å²) in [5.41, 5.74) is 11.4. The maximum atomic E-state index is 5.98. The lowest BCUT2D eigenvalue weighted by Gasteiger charge is -2.25. The first-order valence-electron chi connectivity index (χ1n) is 6.53. The third kappa shape index (κ3) is 2.53. The molecule has 94 valence electrons. The van der Waals surface area contributed by atoms with E-state index >= 15 is 0 Å². The van der Waals surface area contributed by atoms with Crippen molar-refractivity contribution in [3.05, 3.63) is 34.4 Å². The molecule has 0 aromatic heterocycles. The van der Waals surface area contributed by atoms with Crippen LogP contribution >= 0.6 is 0 Å². The van der Waals surface area contributed by atoms with Crippen LogP contribution in [0.15, 0.2) is 12.1 Å². The lowest BCUT2D eigenvalue weighted by molar-refractivity contribution is 0.0902. The van der Waals surface area contributed by atoms with Gasteiger partial charge < -0.3 is 10.5 Å². The summed E-state index contributed by atoms with van der Waals surface area (Å²) in [6.45, 7) is 8.09. The number of nitrogens with two attached hydrogens (primary N) is 1. The zero-order chi connectivity index (χ0) is 12.4. The Kier molecular flexibility index (Phi) is 3.85. The van der Waals surface area contributed by atoms with Crippen molar-refractivity contribution in [1.29, 1.82) is 0 Å². The molecular weight excluding hydrogens is 210 g/mol. The Labute approximate surface area is 104 Å². The highest BCUT2D eigenvalue weighted by Crippen LogP contribution is 2.32. The first-order valence-corrected chi connectivity index (χ1v) is 6.53. The van der Waals surface area contributed by atoms with E-state index in [1.54, 1.807) is 0 Å². The summed E-state index contributed by atoms with van der Waals surface area (Å²) in [6.07, 6.45) is 2.64. The second kappa shape index (κ2) is 5.19. The smallest absolute Gasteiger partial charge is 0.0656 e. The number of hydrogen-bond donors (Lipinski definition) is 1. The molecule has 2 N–H and O–H groups in total. The SMILES string of the molecule is Cc1cc(C)c(C(CN)C2CCCO2)c(C)c1. The minimum absolute atomic E-state index is 0.320. The van der Waals surface area contributed by atoms with Gasteiger partial charge in [-0.15, -0.1) is 0 Å². The highest BCUT2D eigenvalue weighted by molar-refractivity contribution is 5.40. The van der Waals surface area contributed by atoms with E-state index in [0.717, 1.165) is 13.0 Å². The Morgan fingerprint density at radius 3 is 2.41 bits per heavy atom. The molecule has 17 heavy (non-hydrogen) atoms. The summed E-state index contributed by atoms with van der Waals surface area (Å²) in [7, 11) is 0. The van der Waals surface area contributed by atoms with Crippen LogP contribution in [0.1, 0.15) is 41.0 Å². The van der Waals surface area contributed by atoms with Crippen LogP contribution in [0.4, 0.5) is 0 Å². The van der Waals surface area contributed by atoms with Crippen molar-refractivity contribution < 1.29 is 4.74 Å². The summed E-state index contributed by atoms with van der Waals surface area (Å²) < 4.78 is 5.82. The van der Waals surface area contributed by atoms with Gasteiger partial charge in [0.05, 0.1) is 6.10 Å². The molecule has 1 fully saturated rings. The molecule has 0 spiro atoms. The van der Waals surface area contributed by atoms with Gasteiger partial charge in [-0.3, -0.25) is 0 Å². The van der Waals surface area contributed by atoms with Crippen molar-refractivity contribution in [2.75, 3.05) is 13.2 Å². The Morgan fingerprint density at radius 2 is 1.94 bits per heavy atom. The quantitative estimate of drug-likeness (QED) is 0.871. The van der Waals surface area contributed by atoms with Gasteiger partial charge in [-0.05, 0) is 50.3 Å². The molecule has 2 unspecified atom stereocenters. The van der Waals surface area contributed by atoms with E-state index in [1.165, 1.54) is 28.7 Å². The Hall–Kier alpha value is -0.860. The summed E-state index contributed by atoms with van der Waals surface area (Å²) >= 11 is 0.